The Bertz CT molecular complexity index is 757. The van der Waals surface area contributed by atoms with Crippen LogP contribution >= 0.6 is 0 Å². The van der Waals surface area contributed by atoms with Crippen LogP contribution in [0.5, 0.6) is 0 Å². The highest BCUT2D eigenvalue weighted by atomic mass is 32.2. The van der Waals surface area contributed by atoms with Crippen LogP contribution in [0.15, 0.2) is 0 Å². The largest absolute Gasteiger partial charge is 0.444 e. The van der Waals surface area contributed by atoms with Crippen molar-refractivity contribution in [1.29, 1.82) is 5.26 Å². The molecule has 1 saturated heterocycles. The molecule has 1 aliphatic heterocycles. The first-order chi connectivity index (χ1) is 12.2. The number of piperidine rings is 1. The van der Waals surface area contributed by atoms with E-state index in [0.29, 0.717) is 12.3 Å². The van der Waals surface area contributed by atoms with Gasteiger partial charge in [-0.05, 0) is 60.3 Å². The summed E-state index contributed by atoms with van der Waals surface area (Å²) in [6.45, 7) is 9.66. The van der Waals surface area contributed by atoms with Crippen LogP contribution in [0.25, 0.3) is 0 Å². The second-order valence-electron chi connectivity index (χ2n) is 9.28. The first-order valence-corrected chi connectivity index (χ1v) is 10.7. The van der Waals surface area contributed by atoms with Gasteiger partial charge >= 0.3 is 6.09 Å². The van der Waals surface area contributed by atoms with Crippen LogP contribution in [0.1, 0.15) is 54.4 Å². The highest BCUT2D eigenvalue weighted by Crippen LogP contribution is 2.47. The maximum atomic E-state index is 13.1. The summed E-state index contributed by atoms with van der Waals surface area (Å²) < 4.78 is 29.4. The van der Waals surface area contributed by atoms with E-state index in [4.69, 9.17) is 4.74 Å². The first kappa shape index (κ1) is 21.5. The van der Waals surface area contributed by atoms with Crippen molar-refractivity contribution < 1.29 is 22.7 Å². The van der Waals surface area contributed by atoms with E-state index in [2.05, 4.69) is 11.4 Å². The number of alkyl carbamates (subject to hydrolysis) is 1. The molecule has 1 N–H and O–H groups in total. The Morgan fingerprint density at radius 2 is 1.81 bits per heavy atom. The molecular weight excluding hydrogens is 370 g/mol. The number of nitrogens with one attached hydrogen (secondary N) is 1. The lowest BCUT2D eigenvalue weighted by Crippen LogP contribution is -2.55. The van der Waals surface area contributed by atoms with Crippen LogP contribution in [0.4, 0.5) is 4.79 Å². The fraction of sp³-hybridized carbons (Fsp3) is 0.833. The number of hydrogen-bond donors (Lipinski definition) is 1. The zero-order valence-corrected chi connectivity index (χ0v) is 17.6. The van der Waals surface area contributed by atoms with Crippen molar-refractivity contribution >= 4 is 21.8 Å². The van der Waals surface area contributed by atoms with Gasteiger partial charge in [0.1, 0.15) is 17.7 Å². The number of hydrogen-bond acceptors (Lipinski definition) is 6. The zero-order valence-electron chi connectivity index (χ0n) is 16.8. The van der Waals surface area contributed by atoms with E-state index in [1.54, 1.807) is 41.5 Å². The number of nitriles is 1. The minimum absolute atomic E-state index is 0.0394. The average Bonchev–Trinajstić information content (AvgIpc) is 3.13. The number of amides is 2. The van der Waals surface area contributed by atoms with Gasteiger partial charge < -0.3 is 15.0 Å². The number of carbonyl (C=O) groups excluding carboxylic acids is 2. The Kier molecular flexibility index (Phi) is 5.54. The third-order valence-corrected chi connectivity index (χ3v) is 7.45. The summed E-state index contributed by atoms with van der Waals surface area (Å²) in [4.78, 5) is 26.8. The number of rotatable bonds is 4. The Labute approximate surface area is 161 Å². The number of carbonyl (C=O) groups is 2. The van der Waals surface area contributed by atoms with E-state index in [9.17, 15) is 23.3 Å². The highest BCUT2D eigenvalue weighted by molar-refractivity contribution is 7.92. The SMILES string of the molecule is CC(C)(C)OC(=O)N[C@@H](CS(=O)(=O)C(C)(C)C)C(=O)N1[C@H](C#N)C[C@@H]2C[C@@H]21. The Morgan fingerprint density at radius 3 is 2.30 bits per heavy atom. The minimum Gasteiger partial charge on any atom is -0.444 e. The Morgan fingerprint density at radius 1 is 1.22 bits per heavy atom. The van der Waals surface area contributed by atoms with Gasteiger partial charge in [0.15, 0.2) is 9.84 Å². The molecule has 2 aliphatic rings. The number of sulfone groups is 1. The van der Waals surface area contributed by atoms with E-state index in [1.165, 1.54) is 4.90 Å². The fourth-order valence-corrected chi connectivity index (χ4v) is 4.33. The minimum atomic E-state index is -3.69. The predicted octanol–water partition coefficient (Wildman–Crippen LogP) is 1.61. The molecule has 0 aromatic heterocycles. The third-order valence-electron chi connectivity index (χ3n) is 4.82. The van der Waals surface area contributed by atoms with Gasteiger partial charge in [0.25, 0.3) is 0 Å². The third kappa shape index (κ3) is 4.92. The van der Waals surface area contributed by atoms with Gasteiger partial charge in [0.05, 0.1) is 16.6 Å². The van der Waals surface area contributed by atoms with Crippen LogP contribution in [0, 0.1) is 17.2 Å². The Hall–Kier alpha value is -1.82. The maximum absolute atomic E-state index is 13.1. The summed E-state index contributed by atoms with van der Waals surface area (Å²) >= 11 is 0. The number of fused-ring (bicyclic) bond motifs is 1. The summed E-state index contributed by atoms with van der Waals surface area (Å²) in [5.74, 6) is -0.786. The highest BCUT2D eigenvalue weighted by Gasteiger charge is 2.55. The molecule has 0 unspecified atom stereocenters. The molecule has 2 rings (SSSR count). The smallest absolute Gasteiger partial charge is 0.408 e. The standard InChI is InChI=1S/C18H29N3O5S/c1-17(2,3)26-16(23)20-13(10-27(24,25)18(4,5)6)15(22)21-12(9-19)7-11-8-14(11)21/h11-14H,7-8,10H2,1-6H3,(H,20,23)/t11-,12+,13+,14+/m1/s1. The molecule has 1 heterocycles. The summed E-state index contributed by atoms with van der Waals surface area (Å²) in [6.07, 6.45) is 0.553. The molecule has 2 fully saturated rings. The van der Waals surface area contributed by atoms with Gasteiger partial charge in [-0.3, -0.25) is 4.79 Å². The van der Waals surface area contributed by atoms with Crippen molar-refractivity contribution in [1.82, 2.24) is 10.2 Å². The van der Waals surface area contributed by atoms with Crippen LogP contribution in [-0.2, 0) is 19.4 Å². The van der Waals surface area contributed by atoms with E-state index < -0.39 is 50.0 Å². The van der Waals surface area contributed by atoms with Crippen LogP contribution in [0.2, 0.25) is 0 Å². The molecule has 9 heteroatoms. The monoisotopic (exact) mass is 399 g/mol. The molecule has 0 bridgehead atoms. The molecule has 0 radical (unpaired) electrons. The second-order valence-corrected chi connectivity index (χ2v) is 12.1. The maximum Gasteiger partial charge on any atom is 0.408 e. The molecule has 8 nitrogen and oxygen atoms in total. The molecule has 1 saturated carbocycles. The topological polar surface area (TPSA) is 117 Å². The van der Waals surface area contributed by atoms with Crippen molar-refractivity contribution in [2.24, 2.45) is 5.92 Å². The summed E-state index contributed by atoms with van der Waals surface area (Å²) in [6, 6.07) is 0.193. The van der Waals surface area contributed by atoms with Crippen molar-refractivity contribution in [2.45, 2.75) is 82.9 Å². The molecule has 2 amide bonds. The van der Waals surface area contributed by atoms with E-state index in [0.717, 1.165) is 6.42 Å². The molecule has 0 spiro atoms. The Balaban J connectivity index is 2.25. The van der Waals surface area contributed by atoms with Gasteiger partial charge in [-0.15, -0.1) is 0 Å². The van der Waals surface area contributed by atoms with Crippen molar-refractivity contribution in [2.75, 3.05) is 5.75 Å². The molecule has 0 aromatic rings. The second kappa shape index (κ2) is 6.97. The molecule has 27 heavy (non-hydrogen) atoms. The first-order valence-electron chi connectivity index (χ1n) is 9.10. The number of nitrogens with zero attached hydrogens (tertiary/aromatic N) is 2. The van der Waals surface area contributed by atoms with Gasteiger partial charge in [-0.2, -0.15) is 5.26 Å². The lowest BCUT2D eigenvalue weighted by atomic mass is 10.1. The average molecular weight is 400 g/mol. The van der Waals surface area contributed by atoms with Crippen LogP contribution in [0.3, 0.4) is 0 Å². The molecule has 152 valence electrons. The van der Waals surface area contributed by atoms with Crippen molar-refractivity contribution in [3.8, 4) is 6.07 Å². The van der Waals surface area contributed by atoms with Crippen molar-refractivity contribution in [3.05, 3.63) is 0 Å². The zero-order chi connectivity index (χ0) is 20.8. The fourth-order valence-electron chi connectivity index (χ4n) is 3.16. The molecule has 4 atom stereocenters. The summed E-state index contributed by atoms with van der Waals surface area (Å²) in [5, 5.41) is 11.7. The summed E-state index contributed by atoms with van der Waals surface area (Å²) in [5.41, 5.74) is -0.787. The van der Waals surface area contributed by atoms with E-state index in [1.807, 2.05) is 0 Å². The predicted molar refractivity (Wildman–Crippen MR) is 99.5 cm³/mol. The number of ether oxygens (including phenoxy) is 1. The molecule has 1 aliphatic carbocycles. The van der Waals surface area contributed by atoms with E-state index in [-0.39, 0.29) is 6.04 Å². The van der Waals surface area contributed by atoms with Crippen LogP contribution < -0.4 is 5.32 Å². The quantitative estimate of drug-likeness (QED) is 0.767. The van der Waals surface area contributed by atoms with Gasteiger partial charge in [0.2, 0.25) is 5.91 Å². The summed E-state index contributed by atoms with van der Waals surface area (Å²) in [7, 11) is -3.69. The molecule has 0 aromatic carbocycles. The van der Waals surface area contributed by atoms with E-state index >= 15 is 0 Å². The number of likely N-dealkylation sites (tertiary alicyclic amines) is 1. The van der Waals surface area contributed by atoms with Gasteiger partial charge in [-0.1, -0.05) is 0 Å². The van der Waals surface area contributed by atoms with Gasteiger partial charge in [-0.25, -0.2) is 13.2 Å². The normalized spacial score (nSPS) is 26.0. The van der Waals surface area contributed by atoms with Crippen molar-refractivity contribution in [3.63, 3.8) is 0 Å². The van der Waals surface area contributed by atoms with Gasteiger partial charge in [0, 0.05) is 6.04 Å². The van der Waals surface area contributed by atoms with Crippen LogP contribution in [-0.4, -0.2) is 59.5 Å². The lowest BCUT2D eigenvalue weighted by molar-refractivity contribution is -0.133. The lowest BCUT2D eigenvalue weighted by Gasteiger charge is -2.30. The molecular formula is C18H29N3O5S.